The molecule has 0 fully saturated rings. The summed E-state index contributed by atoms with van der Waals surface area (Å²) in [6, 6.07) is 10.5. The third kappa shape index (κ3) is 3.39. The Hall–Kier alpha value is -1.90. The Morgan fingerprint density at radius 3 is 2.35 bits per heavy atom. The van der Waals surface area contributed by atoms with Crippen LogP contribution in [0.15, 0.2) is 52.3 Å². The van der Waals surface area contributed by atoms with E-state index in [1.165, 1.54) is 29.8 Å². The van der Waals surface area contributed by atoms with Crippen LogP contribution in [0.5, 0.6) is 0 Å². The lowest BCUT2D eigenvalue weighted by atomic mass is 10.1. The summed E-state index contributed by atoms with van der Waals surface area (Å²) in [5.74, 6) is 0. The van der Waals surface area contributed by atoms with E-state index in [2.05, 4.69) is 4.72 Å². The number of primary sulfonamides is 1. The number of nitrogens with one attached hydrogen (secondary N) is 1. The second-order valence-corrected chi connectivity index (χ2v) is 8.71. The zero-order valence-electron chi connectivity index (χ0n) is 12.2. The van der Waals surface area contributed by atoms with E-state index in [1.807, 2.05) is 6.07 Å². The Labute approximate surface area is 135 Å². The fourth-order valence-electron chi connectivity index (χ4n) is 2.67. The third-order valence-electron chi connectivity index (χ3n) is 3.80. The van der Waals surface area contributed by atoms with Gasteiger partial charge in [-0.2, -0.15) is 0 Å². The van der Waals surface area contributed by atoms with Gasteiger partial charge in [0.1, 0.15) is 0 Å². The molecule has 2 aromatic carbocycles. The summed E-state index contributed by atoms with van der Waals surface area (Å²) in [5.41, 5.74) is 2.38. The predicted molar refractivity (Wildman–Crippen MR) is 87.1 cm³/mol. The molecule has 0 spiro atoms. The molecule has 122 valence electrons. The van der Waals surface area contributed by atoms with Crippen LogP contribution in [0.3, 0.4) is 0 Å². The summed E-state index contributed by atoms with van der Waals surface area (Å²) < 4.78 is 50.0. The molecule has 3 rings (SSSR count). The molecule has 8 heteroatoms. The Balaban J connectivity index is 1.93. The lowest BCUT2D eigenvalue weighted by Crippen LogP contribution is -2.15. The van der Waals surface area contributed by atoms with Crippen molar-refractivity contribution < 1.29 is 16.8 Å². The molecule has 23 heavy (non-hydrogen) atoms. The summed E-state index contributed by atoms with van der Waals surface area (Å²) in [7, 11) is -7.67. The van der Waals surface area contributed by atoms with Crippen LogP contribution in [-0.2, 0) is 32.9 Å². The SMILES string of the molecule is NS(=O)(=O)c1cccc(NS(=O)(=O)c2ccc3c(c2)CCC3)c1. The number of hydrogen-bond acceptors (Lipinski definition) is 4. The van der Waals surface area contributed by atoms with Gasteiger partial charge in [-0.3, -0.25) is 4.72 Å². The predicted octanol–water partition coefficient (Wildman–Crippen LogP) is 1.62. The number of anilines is 1. The lowest BCUT2D eigenvalue weighted by molar-refractivity contribution is 0.596. The minimum absolute atomic E-state index is 0.147. The van der Waals surface area contributed by atoms with E-state index >= 15 is 0 Å². The van der Waals surface area contributed by atoms with E-state index in [1.54, 1.807) is 12.1 Å². The monoisotopic (exact) mass is 352 g/mol. The van der Waals surface area contributed by atoms with Gasteiger partial charge < -0.3 is 0 Å². The topological polar surface area (TPSA) is 106 Å². The van der Waals surface area contributed by atoms with Crippen molar-refractivity contribution in [2.75, 3.05) is 4.72 Å². The highest BCUT2D eigenvalue weighted by atomic mass is 32.2. The molecular formula is C15H16N2O4S2. The first-order chi connectivity index (χ1) is 10.8. The Kier molecular flexibility index (Phi) is 3.91. The van der Waals surface area contributed by atoms with Gasteiger partial charge in [-0.1, -0.05) is 12.1 Å². The van der Waals surface area contributed by atoms with Crippen LogP contribution < -0.4 is 9.86 Å². The van der Waals surface area contributed by atoms with Crippen LogP contribution in [0.25, 0.3) is 0 Å². The maximum atomic E-state index is 12.5. The number of sulfonamides is 2. The second kappa shape index (κ2) is 5.63. The van der Waals surface area contributed by atoms with E-state index in [4.69, 9.17) is 5.14 Å². The van der Waals surface area contributed by atoms with Gasteiger partial charge in [-0.05, 0) is 60.7 Å². The van der Waals surface area contributed by atoms with E-state index in [9.17, 15) is 16.8 Å². The lowest BCUT2D eigenvalue weighted by Gasteiger charge is -2.10. The van der Waals surface area contributed by atoms with E-state index in [-0.39, 0.29) is 15.5 Å². The van der Waals surface area contributed by atoms with Crippen LogP contribution in [0.1, 0.15) is 17.5 Å². The van der Waals surface area contributed by atoms with E-state index in [0.717, 1.165) is 24.8 Å². The first-order valence-corrected chi connectivity index (χ1v) is 10.1. The summed E-state index contributed by atoms with van der Waals surface area (Å²) >= 11 is 0. The van der Waals surface area contributed by atoms with Gasteiger partial charge in [-0.15, -0.1) is 0 Å². The molecule has 0 bridgehead atoms. The van der Waals surface area contributed by atoms with Gasteiger partial charge >= 0.3 is 0 Å². The molecule has 0 amide bonds. The fraction of sp³-hybridized carbons (Fsp3) is 0.200. The van der Waals surface area contributed by atoms with Gasteiger partial charge in [0.15, 0.2) is 0 Å². The number of hydrogen-bond donors (Lipinski definition) is 2. The smallest absolute Gasteiger partial charge is 0.261 e. The number of nitrogens with two attached hydrogens (primary N) is 1. The Morgan fingerprint density at radius 2 is 1.61 bits per heavy atom. The summed E-state index contributed by atoms with van der Waals surface area (Å²) in [4.78, 5) is 0.0193. The van der Waals surface area contributed by atoms with Gasteiger partial charge in [0, 0.05) is 0 Å². The van der Waals surface area contributed by atoms with Crippen molar-refractivity contribution in [1.29, 1.82) is 0 Å². The average molecular weight is 352 g/mol. The molecule has 1 aliphatic rings. The maximum Gasteiger partial charge on any atom is 0.261 e. The quantitative estimate of drug-likeness (QED) is 0.872. The van der Waals surface area contributed by atoms with Crippen LogP contribution in [0, 0.1) is 0 Å². The molecule has 0 atom stereocenters. The normalized spacial score (nSPS) is 14.5. The minimum Gasteiger partial charge on any atom is -0.280 e. The number of benzene rings is 2. The highest BCUT2D eigenvalue weighted by Crippen LogP contribution is 2.26. The molecule has 0 saturated carbocycles. The van der Waals surface area contributed by atoms with Crippen LogP contribution in [0.4, 0.5) is 5.69 Å². The molecule has 0 heterocycles. The largest absolute Gasteiger partial charge is 0.280 e. The van der Waals surface area contributed by atoms with Gasteiger partial charge in [-0.25, -0.2) is 22.0 Å². The van der Waals surface area contributed by atoms with Gasteiger partial charge in [0.25, 0.3) is 10.0 Å². The van der Waals surface area contributed by atoms with E-state index in [0.29, 0.717) is 0 Å². The van der Waals surface area contributed by atoms with Crippen molar-refractivity contribution >= 4 is 25.7 Å². The molecule has 0 aromatic heterocycles. The van der Waals surface area contributed by atoms with Crippen LogP contribution in [0.2, 0.25) is 0 Å². The zero-order chi connectivity index (χ0) is 16.7. The molecule has 3 N–H and O–H groups in total. The highest BCUT2D eigenvalue weighted by molar-refractivity contribution is 7.92. The molecule has 6 nitrogen and oxygen atoms in total. The fourth-order valence-corrected chi connectivity index (χ4v) is 4.33. The Morgan fingerprint density at radius 1 is 0.870 bits per heavy atom. The molecular weight excluding hydrogens is 336 g/mol. The first kappa shape index (κ1) is 16.0. The minimum atomic E-state index is -3.89. The molecule has 0 unspecified atom stereocenters. The standard InChI is InChI=1S/C15H16N2O4S2/c16-22(18,19)14-6-2-5-13(10-14)17-23(20,21)15-8-7-11-3-1-4-12(11)9-15/h2,5-10,17H,1,3-4H2,(H2,16,18,19). The third-order valence-corrected chi connectivity index (χ3v) is 6.09. The number of rotatable bonds is 4. The summed E-state index contributed by atoms with van der Waals surface area (Å²) in [5, 5.41) is 5.06. The molecule has 1 aliphatic carbocycles. The maximum absolute atomic E-state index is 12.5. The summed E-state index contributed by atoms with van der Waals surface area (Å²) in [6.45, 7) is 0. The highest BCUT2D eigenvalue weighted by Gasteiger charge is 2.19. The van der Waals surface area contributed by atoms with Crippen molar-refractivity contribution in [2.45, 2.75) is 29.1 Å². The van der Waals surface area contributed by atoms with Crippen molar-refractivity contribution in [2.24, 2.45) is 5.14 Å². The van der Waals surface area contributed by atoms with Crippen molar-refractivity contribution in [3.8, 4) is 0 Å². The van der Waals surface area contributed by atoms with Crippen molar-refractivity contribution in [3.63, 3.8) is 0 Å². The van der Waals surface area contributed by atoms with Crippen LogP contribution >= 0.6 is 0 Å². The van der Waals surface area contributed by atoms with E-state index < -0.39 is 20.0 Å². The molecule has 2 aromatic rings. The first-order valence-electron chi connectivity index (χ1n) is 7.03. The molecule has 0 radical (unpaired) electrons. The van der Waals surface area contributed by atoms with Gasteiger partial charge in [0.05, 0.1) is 15.5 Å². The average Bonchev–Trinajstić information content (AvgIpc) is 2.93. The Bertz CT molecular complexity index is 967. The molecule has 0 saturated heterocycles. The zero-order valence-corrected chi connectivity index (χ0v) is 13.8. The number of fused-ring (bicyclic) bond motifs is 1. The van der Waals surface area contributed by atoms with Crippen molar-refractivity contribution in [3.05, 3.63) is 53.6 Å². The number of aryl methyl sites for hydroxylation is 2. The van der Waals surface area contributed by atoms with Gasteiger partial charge in [0.2, 0.25) is 10.0 Å². The van der Waals surface area contributed by atoms with Crippen LogP contribution in [-0.4, -0.2) is 16.8 Å². The van der Waals surface area contributed by atoms with Crippen molar-refractivity contribution in [1.82, 2.24) is 0 Å². The second-order valence-electron chi connectivity index (χ2n) is 5.46. The molecule has 0 aliphatic heterocycles. The summed E-state index contributed by atoms with van der Waals surface area (Å²) in [6.07, 6.45) is 2.88.